The molecule has 3 heteroatoms. The number of hydrogen-bond acceptors (Lipinski definition) is 3. The van der Waals surface area contributed by atoms with Crippen molar-refractivity contribution < 1.29 is 4.74 Å². The van der Waals surface area contributed by atoms with Gasteiger partial charge in [0.15, 0.2) is 0 Å². The average Bonchev–Trinajstić information content (AvgIpc) is 2.46. The summed E-state index contributed by atoms with van der Waals surface area (Å²) in [6.45, 7) is 0.952. The van der Waals surface area contributed by atoms with Crippen LogP contribution < -0.4 is 4.74 Å². The maximum Gasteiger partial charge on any atom is 0.121 e. The van der Waals surface area contributed by atoms with Crippen LogP contribution in [0.2, 0.25) is 0 Å². The Kier molecular flexibility index (Phi) is 4.91. The number of rotatable bonds is 5. The normalized spacial score (nSPS) is 11.2. The number of hydrogen-bond donors (Lipinski definition) is 0. The summed E-state index contributed by atoms with van der Waals surface area (Å²) >= 11 is 0. The lowest BCUT2D eigenvalue weighted by Crippen LogP contribution is -2.10. The number of ether oxygens (including phenoxy) is 1. The second-order valence-electron chi connectivity index (χ2n) is 4.94. The lowest BCUT2D eigenvalue weighted by atomic mass is 10.1. The molecule has 0 saturated heterocycles. The van der Waals surface area contributed by atoms with Crippen molar-refractivity contribution in [3.05, 3.63) is 59.7 Å². The van der Waals surface area contributed by atoms with Crippen molar-refractivity contribution in [2.24, 2.45) is 4.99 Å². The van der Waals surface area contributed by atoms with E-state index in [1.54, 1.807) is 7.11 Å². The molecule has 0 aliphatic rings. The molecular weight excluding hydrogens is 248 g/mol. The summed E-state index contributed by atoms with van der Waals surface area (Å²) in [6.07, 6.45) is 1.87. The van der Waals surface area contributed by atoms with Gasteiger partial charge in [-0.2, -0.15) is 0 Å². The Balaban J connectivity index is 2.07. The van der Waals surface area contributed by atoms with Crippen LogP contribution >= 0.6 is 0 Å². The predicted molar refractivity (Wildman–Crippen MR) is 84.1 cm³/mol. The maximum absolute atomic E-state index is 5.18. The number of methoxy groups -OCH3 is 1. The minimum absolute atomic E-state index is 0.820. The van der Waals surface area contributed by atoms with Gasteiger partial charge in [-0.1, -0.05) is 30.3 Å². The van der Waals surface area contributed by atoms with E-state index in [9.17, 15) is 0 Å². The van der Waals surface area contributed by atoms with Crippen LogP contribution in [0.15, 0.2) is 53.5 Å². The zero-order chi connectivity index (χ0) is 14.4. The van der Waals surface area contributed by atoms with Crippen LogP contribution in [0.5, 0.6) is 5.75 Å². The van der Waals surface area contributed by atoms with Crippen LogP contribution in [0, 0.1) is 0 Å². The van der Waals surface area contributed by atoms with Crippen LogP contribution in [0.1, 0.15) is 11.1 Å². The first-order valence-corrected chi connectivity index (χ1v) is 6.59. The van der Waals surface area contributed by atoms with E-state index in [1.807, 2.05) is 30.5 Å². The molecule has 0 aliphatic heterocycles. The molecule has 0 aliphatic carbocycles. The maximum atomic E-state index is 5.18. The van der Waals surface area contributed by atoms with Crippen molar-refractivity contribution in [2.75, 3.05) is 21.2 Å². The third-order valence-corrected chi connectivity index (χ3v) is 2.89. The molecule has 0 unspecified atom stereocenters. The summed E-state index contributed by atoms with van der Waals surface area (Å²) in [5, 5.41) is 0. The molecule has 0 fully saturated rings. The minimum Gasteiger partial charge on any atom is -0.497 e. The first-order valence-electron chi connectivity index (χ1n) is 6.59. The fourth-order valence-electron chi connectivity index (χ4n) is 1.91. The number of nitrogens with zero attached hydrogens (tertiary/aromatic N) is 2. The van der Waals surface area contributed by atoms with E-state index in [0.717, 1.165) is 23.5 Å². The Bertz CT molecular complexity index is 574. The molecule has 0 spiro atoms. The third kappa shape index (κ3) is 4.21. The van der Waals surface area contributed by atoms with Crippen molar-refractivity contribution in [3.8, 4) is 5.75 Å². The molecule has 2 rings (SSSR count). The van der Waals surface area contributed by atoms with Gasteiger partial charge in [-0.15, -0.1) is 0 Å². The highest BCUT2D eigenvalue weighted by Crippen LogP contribution is 2.19. The van der Waals surface area contributed by atoms with E-state index in [4.69, 9.17) is 4.74 Å². The summed E-state index contributed by atoms with van der Waals surface area (Å²) < 4.78 is 5.18. The minimum atomic E-state index is 0.820. The third-order valence-electron chi connectivity index (χ3n) is 2.89. The van der Waals surface area contributed by atoms with Gasteiger partial charge in [0.2, 0.25) is 0 Å². The molecule has 0 radical (unpaired) electrons. The van der Waals surface area contributed by atoms with Crippen molar-refractivity contribution in [1.29, 1.82) is 0 Å². The van der Waals surface area contributed by atoms with E-state index in [0.29, 0.717) is 0 Å². The Morgan fingerprint density at radius 2 is 1.85 bits per heavy atom. The smallest absolute Gasteiger partial charge is 0.121 e. The van der Waals surface area contributed by atoms with E-state index in [1.165, 1.54) is 5.56 Å². The number of aliphatic imine (C=N–C) groups is 1. The van der Waals surface area contributed by atoms with Gasteiger partial charge in [0, 0.05) is 18.8 Å². The van der Waals surface area contributed by atoms with E-state index < -0.39 is 0 Å². The van der Waals surface area contributed by atoms with Gasteiger partial charge >= 0.3 is 0 Å². The Morgan fingerprint density at radius 3 is 2.50 bits per heavy atom. The van der Waals surface area contributed by atoms with Crippen LogP contribution in [0.3, 0.4) is 0 Å². The topological polar surface area (TPSA) is 24.8 Å². The second kappa shape index (κ2) is 6.87. The van der Waals surface area contributed by atoms with Gasteiger partial charge < -0.3 is 9.64 Å². The fourth-order valence-corrected chi connectivity index (χ4v) is 1.91. The zero-order valence-corrected chi connectivity index (χ0v) is 12.2. The molecule has 0 aromatic heterocycles. The molecule has 0 saturated carbocycles. The summed E-state index contributed by atoms with van der Waals surface area (Å²) in [6, 6.07) is 16.2. The molecule has 0 atom stereocenters. The molecular formula is C17H20N2O. The van der Waals surface area contributed by atoms with E-state index >= 15 is 0 Å². The molecule has 2 aromatic carbocycles. The number of benzene rings is 2. The van der Waals surface area contributed by atoms with Gasteiger partial charge in [0.25, 0.3) is 0 Å². The van der Waals surface area contributed by atoms with Crippen molar-refractivity contribution >= 4 is 11.9 Å². The monoisotopic (exact) mass is 268 g/mol. The fraction of sp³-hybridized carbons (Fsp3) is 0.235. The quantitative estimate of drug-likeness (QED) is 0.775. The predicted octanol–water partition coefficient (Wildman–Crippen LogP) is 3.51. The molecule has 20 heavy (non-hydrogen) atoms. The average molecular weight is 268 g/mol. The summed E-state index contributed by atoms with van der Waals surface area (Å²) in [5.74, 6) is 0.820. The highest BCUT2D eigenvalue weighted by molar-refractivity contribution is 5.82. The second-order valence-corrected chi connectivity index (χ2v) is 4.94. The Hall–Kier alpha value is -2.13. The molecule has 3 nitrogen and oxygen atoms in total. The van der Waals surface area contributed by atoms with Crippen molar-refractivity contribution in [1.82, 2.24) is 4.90 Å². The van der Waals surface area contributed by atoms with Crippen LogP contribution in [-0.4, -0.2) is 32.3 Å². The molecule has 0 amide bonds. The molecule has 104 valence electrons. The SMILES string of the molecule is COc1cccc(/N=C/c2ccc(CN(C)C)cc2)c1. The van der Waals surface area contributed by atoms with Gasteiger partial charge in [0.05, 0.1) is 12.8 Å². The van der Waals surface area contributed by atoms with E-state index in [2.05, 4.69) is 48.3 Å². The molecule has 0 heterocycles. The summed E-state index contributed by atoms with van der Waals surface area (Å²) in [5.41, 5.74) is 3.28. The van der Waals surface area contributed by atoms with Crippen molar-refractivity contribution in [3.63, 3.8) is 0 Å². The highest BCUT2D eigenvalue weighted by Gasteiger charge is 1.96. The standard InChI is InChI=1S/C17H20N2O/c1-19(2)13-15-9-7-14(8-10-15)12-18-16-5-4-6-17(11-16)20-3/h4-12H,13H2,1-3H3/b18-12+. The molecule has 0 N–H and O–H groups in total. The lowest BCUT2D eigenvalue weighted by Gasteiger charge is -2.09. The van der Waals surface area contributed by atoms with Gasteiger partial charge in [0.1, 0.15) is 5.75 Å². The van der Waals surface area contributed by atoms with E-state index in [-0.39, 0.29) is 0 Å². The summed E-state index contributed by atoms with van der Waals surface area (Å²) in [4.78, 5) is 6.61. The first-order chi connectivity index (χ1) is 9.67. The van der Waals surface area contributed by atoms with Crippen LogP contribution in [0.25, 0.3) is 0 Å². The Morgan fingerprint density at radius 1 is 1.10 bits per heavy atom. The summed E-state index contributed by atoms with van der Waals surface area (Å²) in [7, 11) is 5.79. The molecule has 0 bridgehead atoms. The van der Waals surface area contributed by atoms with Gasteiger partial charge in [-0.3, -0.25) is 4.99 Å². The molecule has 2 aromatic rings. The lowest BCUT2D eigenvalue weighted by molar-refractivity contribution is 0.402. The van der Waals surface area contributed by atoms with Crippen LogP contribution in [0.4, 0.5) is 5.69 Å². The van der Waals surface area contributed by atoms with Gasteiger partial charge in [-0.05, 0) is 37.4 Å². The first kappa shape index (κ1) is 14.3. The van der Waals surface area contributed by atoms with Gasteiger partial charge in [-0.25, -0.2) is 0 Å². The van der Waals surface area contributed by atoms with Crippen LogP contribution in [-0.2, 0) is 6.54 Å². The van der Waals surface area contributed by atoms with Crippen molar-refractivity contribution in [2.45, 2.75) is 6.54 Å². The Labute approximate surface area is 120 Å². The highest BCUT2D eigenvalue weighted by atomic mass is 16.5. The largest absolute Gasteiger partial charge is 0.497 e. The zero-order valence-electron chi connectivity index (χ0n) is 12.2.